The molecule has 0 spiro atoms. The molecule has 2 rings (SSSR count). The van der Waals surface area contributed by atoms with E-state index in [0.29, 0.717) is 5.75 Å². The Hall–Kier alpha value is -1.97. The number of hydrogen-bond donors (Lipinski definition) is 1. The summed E-state index contributed by atoms with van der Waals surface area (Å²) in [7, 11) is 0. The molecule has 72 valence electrons. The molecule has 0 saturated heterocycles. The smallest absolute Gasteiger partial charge is 0.399 e. The highest BCUT2D eigenvalue weighted by Crippen LogP contribution is 2.23. The van der Waals surface area contributed by atoms with Crippen molar-refractivity contribution in [3.05, 3.63) is 36.2 Å². The fraction of sp³-hybridized carbons (Fsp3) is 0.100. The lowest BCUT2D eigenvalue weighted by atomic mass is 10.3. The molecule has 1 aromatic heterocycles. The van der Waals surface area contributed by atoms with Crippen LogP contribution in [0.25, 0.3) is 0 Å². The summed E-state index contributed by atoms with van der Waals surface area (Å²) in [5.74, 6) is 0.637. The van der Waals surface area contributed by atoms with Crippen LogP contribution in [-0.2, 0) is 0 Å². The molecule has 0 unspecified atom stereocenters. The van der Waals surface area contributed by atoms with Crippen LogP contribution >= 0.6 is 0 Å². The van der Waals surface area contributed by atoms with Crippen LogP contribution in [0.1, 0.15) is 5.69 Å². The van der Waals surface area contributed by atoms with Gasteiger partial charge in [0, 0.05) is 6.07 Å². The van der Waals surface area contributed by atoms with Gasteiger partial charge in [-0.05, 0) is 19.1 Å². The first-order chi connectivity index (χ1) is 6.74. The van der Waals surface area contributed by atoms with Crippen LogP contribution in [0.2, 0.25) is 0 Å². The molecule has 1 N–H and O–H groups in total. The number of aromatic hydroxyl groups is 1. The Morgan fingerprint density at radius 1 is 1.43 bits per heavy atom. The second-order valence-electron chi connectivity index (χ2n) is 2.85. The van der Waals surface area contributed by atoms with Gasteiger partial charge in [0.25, 0.3) is 0 Å². The van der Waals surface area contributed by atoms with E-state index in [9.17, 15) is 0 Å². The molecule has 14 heavy (non-hydrogen) atoms. The fourth-order valence-electron chi connectivity index (χ4n) is 1.03. The van der Waals surface area contributed by atoms with Crippen LogP contribution in [0.4, 0.5) is 0 Å². The lowest BCUT2D eigenvalue weighted by Gasteiger charge is -1.99. The highest BCUT2D eigenvalue weighted by molar-refractivity contribution is 5.33. The average Bonchev–Trinajstić information content (AvgIpc) is 2.51. The number of hydrogen-bond acceptors (Lipinski definition) is 4. The van der Waals surface area contributed by atoms with Gasteiger partial charge >= 0.3 is 6.08 Å². The van der Waals surface area contributed by atoms with Gasteiger partial charge < -0.3 is 14.3 Å². The largest absolute Gasteiger partial charge is 0.508 e. The molecule has 0 bridgehead atoms. The zero-order valence-corrected chi connectivity index (χ0v) is 7.60. The normalized spacial score (nSPS) is 10.1. The molecule has 0 radical (unpaired) electrons. The lowest BCUT2D eigenvalue weighted by molar-refractivity contribution is 0.329. The van der Waals surface area contributed by atoms with Gasteiger partial charge in [-0.2, -0.15) is 4.98 Å². The van der Waals surface area contributed by atoms with Crippen LogP contribution in [0, 0.1) is 6.92 Å². The summed E-state index contributed by atoms with van der Waals surface area (Å²) in [5.41, 5.74) is 0.750. The van der Waals surface area contributed by atoms with Crippen molar-refractivity contribution in [3.8, 4) is 17.6 Å². The average molecular weight is 191 g/mol. The van der Waals surface area contributed by atoms with Crippen molar-refractivity contribution in [2.45, 2.75) is 6.92 Å². The molecule has 1 aromatic carbocycles. The summed E-state index contributed by atoms with van der Waals surface area (Å²) < 4.78 is 10.2. The van der Waals surface area contributed by atoms with E-state index in [1.54, 1.807) is 25.1 Å². The Balaban J connectivity index is 2.18. The zero-order valence-electron chi connectivity index (χ0n) is 7.60. The summed E-state index contributed by atoms with van der Waals surface area (Å²) in [4.78, 5) is 3.97. The van der Waals surface area contributed by atoms with Gasteiger partial charge in [-0.25, -0.2) is 0 Å². The Labute approximate surface area is 80.8 Å². The van der Waals surface area contributed by atoms with E-state index in [1.165, 1.54) is 12.3 Å². The SMILES string of the molecule is Cc1coc(Oc2cccc(O)c2)n1. The minimum Gasteiger partial charge on any atom is -0.508 e. The molecule has 4 nitrogen and oxygen atoms in total. The summed E-state index contributed by atoms with van der Waals surface area (Å²) >= 11 is 0. The highest BCUT2D eigenvalue weighted by Gasteiger charge is 2.03. The van der Waals surface area contributed by atoms with Crippen LogP contribution in [0.15, 0.2) is 34.9 Å². The van der Waals surface area contributed by atoms with Gasteiger partial charge in [0.15, 0.2) is 0 Å². The number of rotatable bonds is 2. The quantitative estimate of drug-likeness (QED) is 0.792. The van der Waals surface area contributed by atoms with Gasteiger partial charge in [0.05, 0.1) is 5.69 Å². The third-order valence-corrected chi connectivity index (χ3v) is 1.62. The molecular weight excluding hydrogens is 182 g/mol. The molecule has 0 aliphatic carbocycles. The van der Waals surface area contributed by atoms with E-state index < -0.39 is 0 Å². The van der Waals surface area contributed by atoms with Crippen molar-refractivity contribution < 1.29 is 14.3 Å². The van der Waals surface area contributed by atoms with Gasteiger partial charge in [-0.1, -0.05) is 6.07 Å². The maximum atomic E-state index is 9.17. The predicted octanol–water partition coefficient (Wildman–Crippen LogP) is 2.48. The molecule has 0 aliphatic rings. The molecule has 0 atom stereocenters. The predicted molar refractivity (Wildman–Crippen MR) is 49.4 cm³/mol. The number of aromatic nitrogens is 1. The van der Waals surface area contributed by atoms with Crippen LogP contribution in [-0.4, -0.2) is 10.1 Å². The van der Waals surface area contributed by atoms with E-state index in [2.05, 4.69) is 4.98 Å². The van der Waals surface area contributed by atoms with E-state index >= 15 is 0 Å². The first-order valence-corrected chi connectivity index (χ1v) is 4.13. The number of oxazole rings is 1. The van der Waals surface area contributed by atoms with Gasteiger partial charge in [0.1, 0.15) is 17.8 Å². The third-order valence-electron chi connectivity index (χ3n) is 1.62. The number of phenolic OH excluding ortho intramolecular Hbond substituents is 1. The third kappa shape index (κ3) is 1.85. The van der Waals surface area contributed by atoms with Crippen molar-refractivity contribution in [1.29, 1.82) is 0 Å². The Morgan fingerprint density at radius 3 is 2.93 bits per heavy atom. The molecule has 0 fully saturated rings. The second kappa shape index (κ2) is 3.41. The van der Waals surface area contributed by atoms with E-state index in [1.807, 2.05) is 0 Å². The standard InChI is InChI=1S/C10H9NO3/c1-7-6-13-10(11-7)14-9-4-2-3-8(12)5-9/h2-6,12H,1H3. The Morgan fingerprint density at radius 2 is 2.29 bits per heavy atom. The molecule has 0 saturated carbocycles. The van der Waals surface area contributed by atoms with E-state index in [0.717, 1.165) is 5.69 Å². The van der Waals surface area contributed by atoms with Crippen molar-refractivity contribution >= 4 is 0 Å². The lowest BCUT2D eigenvalue weighted by Crippen LogP contribution is -1.83. The maximum Gasteiger partial charge on any atom is 0.399 e. The number of phenols is 1. The van der Waals surface area contributed by atoms with Crippen molar-refractivity contribution in [2.75, 3.05) is 0 Å². The van der Waals surface area contributed by atoms with Crippen molar-refractivity contribution in [2.24, 2.45) is 0 Å². The first-order valence-electron chi connectivity index (χ1n) is 4.13. The summed E-state index contributed by atoms with van der Waals surface area (Å²) in [6.45, 7) is 1.80. The summed E-state index contributed by atoms with van der Waals surface area (Å²) in [6.07, 6.45) is 1.67. The van der Waals surface area contributed by atoms with Gasteiger partial charge in [-0.3, -0.25) is 0 Å². The van der Waals surface area contributed by atoms with Crippen molar-refractivity contribution in [3.63, 3.8) is 0 Å². The number of benzene rings is 1. The number of ether oxygens (including phenoxy) is 1. The molecule has 0 amide bonds. The highest BCUT2D eigenvalue weighted by atomic mass is 16.6. The topological polar surface area (TPSA) is 55.5 Å². The van der Waals surface area contributed by atoms with Crippen LogP contribution in [0.3, 0.4) is 0 Å². The molecule has 0 aliphatic heterocycles. The maximum absolute atomic E-state index is 9.17. The zero-order chi connectivity index (χ0) is 9.97. The molecule has 2 aromatic rings. The fourth-order valence-corrected chi connectivity index (χ4v) is 1.03. The molecule has 4 heteroatoms. The first kappa shape index (κ1) is 8.62. The molecular formula is C10H9NO3. The molecule has 1 heterocycles. The van der Waals surface area contributed by atoms with Crippen LogP contribution in [0.5, 0.6) is 17.6 Å². The van der Waals surface area contributed by atoms with E-state index in [-0.39, 0.29) is 11.8 Å². The number of nitrogens with zero attached hydrogens (tertiary/aromatic N) is 1. The summed E-state index contributed by atoms with van der Waals surface area (Å²) in [6, 6.07) is 6.44. The summed E-state index contributed by atoms with van der Waals surface area (Å²) in [5, 5.41) is 9.17. The Bertz CT molecular complexity index is 436. The monoisotopic (exact) mass is 191 g/mol. The second-order valence-corrected chi connectivity index (χ2v) is 2.85. The minimum atomic E-state index is 0.144. The Kier molecular flexibility index (Phi) is 2.10. The minimum absolute atomic E-state index is 0.144. The van der Waals surface area contributed by atoms with Crippen LogP contribution < -0.4 is 4.74 Å². The number of aryl methyl sites for hydroxylation is 1. The van der Waals surface area contributed by atoms with Crippen molar-refractivity contribution in [1.82, 2.24) is 4.98 Å². The van der Waals surface area contributed by atoms with E-state index in [4.69, 9.17) is 14.3 Å². The van der Waals surface area contributed by atoms with Gasteiger partial charge in [0.2, 0.25) is 0 Å². The van der Waals surface area contributed by atoms with Gasteiger partial charge in [-0.15, -0.1) is 0 Å².